The first-order valence-electron chi connectivity index (χ1n) is 10.3. The van der Waals surface area contributed by atoms with Gasteiger partial charge in [-0.3, -0.25) is 9.59 Å². The number of nitrogens with one attached hydrogen (secondary N) is 1. The van der Waals surface area contributed by atoms with Crippen molar-refractivity contribution >= 4 is 29.5 Å². The highest BCUT2D eigenvalue weighted by molar-refractivity contribution is 6.09. The Kier molecular flexibility index (Phi) is 8.78. The van der Waals surface area contributed by atoms with Crippen LogP contribution in [-0.2, 0) is 20.5 Å². The number of rotatable bonds is 8. The summed E-state index contributed by atoms with van der Waals surface area (Å²) in [5.74, 6) is -1.64. The van der Waals surface area contributed by atoms with Crippen LogP contribution in [0.1, 0.15) is 42.3 Å². The third-order valence-electron chi connectivity index (χ3n) is 4.82. The van der Waals surface area contributed by atoms with Crippen LogP contribution in [0, 0.1) is 0 Å². The number of para-hydroxylation sites is 1. The van der Waals surface area contributed by atoms with E-state index in [1.807, 2.05) is 13.8 Å². The Bertz CT molecular complexity index is 1030. The van der Waals surface area contributed by atoms with Gasteiger partial charge in [-0.1, -0.05) is 24.3 Å². The van der Waals surface area contributed by atoms with Crippen LogP contribution in [0.5, 0.6) is 0 Å². The summed E-state index contributed by atoms with van der Waals surface area (Å²) in [6.45, 7) is 5.68. The van der Waals surface area contributed by atoms with Crippen LogP contribution in [0.15, 0.2) is 54.1 Å². The van der Waals surface area contributed by atoms with Crippen molar-refractivity contribution in [2.75, 3.05) is 25.0 Å². The first kappa shape index (κ1) is 25.6. The van der Waals surface area contributed by atoms with Crippen molar-refractivity contribution in [3.8, 4) is 0 Å². The molecule has 1 N–H and O–H groups in total. The lowest BCUT2D eigenvalue weighted by Gasteiger charge is -2.18. The molecule has 0 spiro atoms. The third kappa shape index (κ3) is 7.20. The van der Waals surface area contributed by atoms with Crippen molar-refractivity contribution in [1.29, 1.82) is 0 Å². The molecule has 0 atom stereocenters. The van der Waals surface area contributed by atoms with E-state index in [9.17, 15) is 27.6 Å². The molecule has 6 nitrogen and oxygen atoms in total. The maximum absolute atomic E-state index is 12.7. The number of likely N-dealkylation sites (N-methyl/N-ethyl adjacent to an activating group) is 1. The summed E-state index contributed by atoms with van der Waals surface area (Å²) in [7, 11) is 0. The zero-order valence-electron chi connectivity index (χ0n) is 18.5. The summed E-state index contributed by atoms with van der Waals surface area (Å²) in [4.78, 5) is 38.6. The van der Waals surface area contributed by atoms with Crippen molar-refractivity contribution in [3.63, 3.8) is 0 Å². The van der Waals surface area contributed by atoms with Crippen molar-refractivity contribution < 1.29 is 32.3 Å². The van der Waals surface area contributed by atoms with E-state index in [1.165, 1.54) is 42.2 Å². The Hall–Kier alpha value is -3.62. The standard InChI is InChI=1S/C24H25F3N2O4/c1-4-29(5-2)21(30)15-33-23(32)19-8-6-7-9-20(19)28-22(31)16(3)14-17-10-12-18(13-11-17)24(25,26)27/h6-14H,4-5,15H2,1-3H3,(H,28,31). The van der Waals surface area contributed by atoms with E-state index in [-0.39, 0.29) is 22.7 Å². The quantitative estimate of drug-likeness (QED) is 0.453. The molecule has 2 aromatic rings. The molecule has 0 heterocycles. The molecular formula is C24H25F3N2O4. The zero-order valence-corrected chi connectivity index (χ0v) is 18.5. The first-order valence-corrected chi connectivity index (χ1v) is 10.3. The second-order valence-corrected chi connectivity index (χ2v) is 7.09. The first-order chi connectivity index (χ1) is 15.6. The molecule has 0 fully saturated rings. The molecular weight excluding hydrogens is 437 g/mol. The molecule has 0 aliphatic rings. The highest BCUT2D eigenvalue weighted by Crippen LogP contribution is 2.29. The zero-order chi connectivity index (χ0) is 24.6. The third-order valence-corrected chi connectivity index (χ3v) is 4.82. The molecule has 33 heavy (non-hydrogen) atoms. The van der Waals surface area contributed by atoms with Gasteiger partial charge in [-0.25, -0.2) is 4.79 Å². The molecule has 0 saturated carbocycles. The van der Waals surface area contributed by atoms with Gasteiger partial charge in [-0.2, -0.15) is 13.2 Å². The fourth-order valence-corrected chi connectivity index (χ4v) is 2.95. The van der Waals surface area contributed by atoms with E-state index in [2.05, 4.69) is 5.32 Å². The van der Waals surface area contributed by atoms with Gasteiger partial charge in [0.05, 0.1) is 16.8 Å². The van der Waals surface area contributed by atoms with E-state index >= 15 is 0 Å². The van der Waals surface area contributed by atoms with Crippen molar-refractivity contribution in [3.05, 3.63) is 70.8 Å². The van der Waals surface area contributed by atoms with Crippen LogP contribution < -0.4 is 5.32 Å². The summed E-state index contributed by atoms with van der Waals surface area (Å²) in [5.41, 5.74) is 0.102. The van der Waals surface area contributed by atoms with Gasteiger partial charge in [0.15, 0.2) is 6.61 Å². The molecule has 0 radical (unpaired) electrons. The number of amides is 2. The second-order valence-electron chi connectivity index (χ2n) is 7.09. The Balaban J connectivity index is 2.10. The van der Waals surface area contributed by atoms with Gasteiger partial charge < -0.3 is 15.0 Å². The topological polar surface area (TPSA) is 75.7 Å². The molecule has 0 saturated heterocycles. The number of esters is 1. The molecule has 2 rings (SSSR count). The van der Waals surface area contributed by atoms with Crippen LogP contribution in [0.2, 0.25) is 0 Å². The van der Waals surface area contributed by atoms with Crippen molar-refractivity contribution in [1.82, 2.24) is 4.90 Å². The number of ether oxygens (including phenoxy) is 1. The number of halogens is 3. The molecule has 0 aromatic heterocycles. The summed E-state index contributed by atoms with van der Waals surface area (Å²) < 4.78 is 43.2. The second kappa shape index (κ2) is 11.3. The molecule has 0 unspecified atom stereocenters. The maximum Gasteiger partial charge on any atom is 0.416 e. The number of carbonyl (C=O) groups excluding carboxylic acids is 3. The SMILES string of the molecule is CCN(CC)C(=O)COC(=O)c1ccccc1NC(=O)C(C)=Cc1ccc(C(F)(F)F)cc1. The predicted molar refractivity (Wildman–Crippen MR) is 118 cm³/mol. The normalized spacial score (nSPS) is 11.6. The van der Waals surface area contributed by atoms with Crippen LogP contribution in [0.3, 0.4) is 0 Å². The number of hydrogen-bond donors (Lipinski definition) is 1. The van der Waals surface area contributed by atoms with Crippen LogP contribution in [0.4, 0.5) is 18.9 Å². The molecule has 0 aliphatic heterocycles. The summed E-state index contributed by atoms with van der Waals surface area (Å²) >= 11 is 0. The van der Waals surface area contributed by atoms with Crippen LogP contribution >= 0.6 is 0 Å². The molecule has 0 bridgehead atoms. The van der Waals surface area contributed by atoms with Gasteiger partial charge in [0.25, 0.3) is 11.8 Å². The Morgan fingerprint density at radius 2 is 1.61 bits per heavy atom. The maximum atomic E-state index is 12.7. The largest absolute Gasteiger partial charge is 0.452 e. The average molecular weight is 462 g/mol. The fraction of sp³-hybridized carbons (Fsp3) is 0.292. The lowest BCUT2D eigenvalue weighted by molar-refractivity contribution is -0.137. The number of carbonyl (C=O) groups is 3. The van der Waals surface area contributed by atoms with Gasteiger partial charge in [0.1, 0.15) is 0 Å². The smallest absolute Gasteiger partial charge is 0.416 e. The lowest BCUT2D eigenvalue weighted by atomic mass is 10.1. The minimum absolute atomic E-state index is 0.0699. The Morgan fingerprint density at radius 3 is 2.18 bits per heavy atom. The molecule has 9 heteroatoms. The number of anilines is 1. The monoisotopic (exact) mass is 462 g/mol. The molecule has 176 valence electrons. The minimum atomic E-state index is -4.44. The van der Waals surface area contributed by atoms with Gasteiger partial charge in [-0.05, 0) is 56.7 Å². The molecule has 0 aliphatic carbocycles. The Labute approximate surface area is 190 Å². The van der Waals surface area contributed by atoms with Gasteiger partial charge in [-0.15, -0.1) is 0 Å². The van der Waals surface area contributed by atoms with E-state index in [0.29, 0.717) is 18.7 Å². The van der Waals surface area contributed by atoms with Crippen molar-refractivity contribution in [2.24, 2.45) is 0 Å². The van der Waals surface area contributed by atoms with Crippen LogP contribution in [-0.4, -0.2) is 42.4 Å². The number of benzene rings is 2. The van der Waals surface area contributed by atoms with E-state index in [4.69, 9.17) is 4.74 Å². The predicted octanol–water partition coefficient (Wildman–Crippen LogP) is 4.77. The average Bonchev–Trinajstić information content (AvgIpc) is 2.78. The van der Waals surface area contributed by atoms with Gasteiger partial charge in [0, 0.05) is 18.7 Å². The van der Waals surface area contributed by atoms with E-state index in [0.717, 1.165) is 12.1 Å². The lowest BCUT2D eigenvalue weighted by Crippen LogP contribution is -2.34. The van der Waals surface area contributed by atoms with E-state index in [1.54, 1.807) is 12.1 Å². The number of hydrogen-bond acceptors (Lipinski definition) is 4. The molecule has 2 amide bonds. The summed E-state index contributed by atoms with van der Waals surface area (Å²) in [6.07, 6.45) is -3.01. The highest BCUT2D eigenvalue weighted by atomic mass is 19.4. The number of nitrogens with zero attached hydrogens (tertiary/aromatic N) is 1. The van der Waals surface area contributed by atoms with Crippen molar-refractivity contribution in [2.45, 2.75) is 26.9 Å². The van der Waals surface area contributed by atoms with Gasteiger partial charge in [0.2, 0.25) is 0 Å². The van der Waals surface area contributed by atoms with Crippen LogP contribution in [0.25, 0.3) is 6.08 Å². The van der Waals surface area contributed by atoms with Gasteiger partial charge >= 0.3 is 12.1 Å². The summed E-state index contributed by atoms with van der Waals surface area (Å²) in [6, 6.07) is 10.5. The highest BCUT2D eigenvalue weighted by Gasteiger charge is 2.29. The fourth-order valence-electron chi connectivity index (χ4n) is 2.95. The van der Waals surface area contributed by atoms with E-state index < -0.39 is 30.2 Å². The molecule has 2 aromatic carbocycles. The summed E-state index contributed by atoms with van der Waals surface area (Å²) in [5, 5.41) is 2.60. The Morgan fingerprint density at radius 1 is 1.00 bits per heavy atom. The number of alkyl halides is 3. The minimum Gasteiger partial charge on any atom is -0.452 e.